The molecule has 11 heteroatoms. The number of nitriles is 2. The number of pyridine rings is 1. The number of rotatable bonds is 6. The molecule has 1 aromatic carbocycles. The molecule has 0 saturated carbocycles. The molecule has 0 atom stereocenters. The first-order chi connectivity index (χ1) is 16.7. The molecule has 1 aliphatic carbocycles. The van der Waals surface area contributed by atoms with Gasteiger partial charge in [-0.2, -0.15) is 23.7 Å². The largest absolute Gasteiger partial charge is 0.497 e. The molecule has 0 fully saturated rings. The number of hydrogen-bond donors (Lipinski definition) is 1. The van der Waals surface area contributed by atoms with Crippen LogP contribution >= 0.6 is 23.1 Å². The predicted octanol–water partition coefficient (Wildman–Crippen LogP) is 5.80. The van der Waals surface area contributed by atoms with Gasteiger partial charge in [0.05, 0.1) is 35.2 Å². The van der Waals surface area contributed by atoms with Gasteiger partial charge >= 0.3 is 6.18 Å². The number of benzene rings is 1. The minimum atomic E-state index is -4.79. The van der Waals surface area contributed by atoms with Gasteiger partial charge in [-0.15, -0.1) is 11.3 Å². The van der Waals surface area contributed by atoms with Crippen molar-refractivity contribution in [2.75, 3.05) is 18.2 Å². The number of aromatic nitrogens is 1. The number of halogens is 3. The highest BCUT2D eigenvalue weighted by Crippen LogP contribution is 2.40. The van der Waals surface area contributed by atoms with Crippen LogP contribution in [0.1, 0.15) is 33.6 Å². The zero-order valence-electron chi connectivity index (χ0n) is 18.3. The number of carbonyl (C=O) groups is 1. The Morgan fingerprint density at radius 2 is 1.91 bits per heavy atom. The van der Waals surface area contributed by atoms with Crippen molar-refractivity contribution >= 4 is 34.0 Å². The average Bonchev–Trinajstić information content (AvgIpc) is 3.42. The van der Waals surface area contributed by atoms with Gasteiger partial charge in [0.1, 0.15) is 27.9 Å². The molecule has 0 bridgehead atoms. The maximum Gasteiger partial charge on any atom is 0.417 e. The summed E-state index contributed by atoms with van der Waals surface area (Å²) in [6.07, 6.45) is -2.18. The van der Waals surface area contributed by atoms with Crippen LogP contribution in [0.15, 0.2) is 35.4 Å². The van der Waals surface area contributed by atoms with E-state index in [9.17, 15) is 28.5 Å². The third-order valence-electron chi connectivity index (χ3n) is 5.42. The Morgan fingerprint density at radius 1 is 1.20 bits per heavy atom. The van der Waals surface area contributed by atoms with E-state index < -0.39 is 23.2 Å². The summed E-state index contributed by atoms with van der Waals surface area (Å²) in [5.74, 6) is -0.250. The Labute approximate surface area is 207 Å². The number of amides is 1. The second kappa shape index (κ2) is 9.98. The molecule has 1 N–H and O–H groups in total. The summed E-state index contributed by atoms with van der Waals surface area (Å²) in [6, 6.07) is 10.9. The second-order valence-electron chi connectivity index (χ2n) is 7.58. The minimum absolute atomic E-state index is 0.0170. The van der Waals surface area contributed by atoms with Crippen molar-refractivity contribution in [3.05, 3.63) is 57.5 Å². The van der Waals surface area contributed by atoms with E-state index in [1.165, 1.54) is 18.4 Å². The number of nitrogens with one attached hydrogen (secondary N) is 1. The van der Waals surface area contributed by atoms with Gasteiger partial charge in [-0.3, -0.25) is 4.79 Å². The molecule has 35 heavy (non-hydrogen) atoms. The molecule has 2 aromatic heterocycles. The van der Waals surface area contributed by atoms with Gasteiger partial charge in [-0.05, 0) is 55.2 Å². The number of thiophene rings is 1. The molecule has 178 valence electrons. The molecule has 2 heterocycles. The number of aryl methyl sites for hydroxylation is 1. The van der Waals surface area contributed by atoms with Gasteiger partial charge in [-0.1, -0.05) is 11.8 Å². The van der Waals surface area contributed by atoms with E-state index in [2.05, 4.69) is 16.4 Å². The topological polar surface area (TPSA) is 98.8 Å². The van der Waals surface area contributed by atoms with Crippen LogP contribution in [-0.2, 0) is 23.8 Å². The molecule has 0 saturated heterocycles. The predicted molar refractivity (Wildman–Crippen MR) is 126 cm³/mol. The van der Waals surface area contributed by atoms with Gasteiger partial charge in [0, 0.05) is 10.4 Å². The quantitative estimate of drug-likeness (QED) is 0.418. The summed E-state index contributed by atoms with van der Waals surface area (Å²) >= 11 is 2.09. The molecule has 0 unspecified atom stereocenters. The zero-order valence-corrected chi connectivity index (χ0v) is 20.0. The van der Waals surface area contributed by atoms with E-state index in [0.717, 1.165) is 47.5 Å². The summed E-state index contributed by atoms with van der Waals surface area (Å²) in [5, 5.41) is 21.9. The molecular weight excluding hydrogens is 497 g/mol. The summed E-state index contributed by atoms with van der Waals surface area (Å²) in [7, 11) is 1.47. The van der Waals surface area contributed by atoms with Crippen LogP contribution in [0, 0.1) is 22.7 Å². The summed E-state index contributed by atoms with van der Waals surface area (Å²) in [4.78, 5) is 17.9. The van der Waals surface area contributed by atoms with Gasteiger partial charge in [-0.25, -0.2) is 4.98 Å². The number of thioether (sulfide) groups is 1. The summed E-state index contributed by atoms with van der Waals surface area (Å²) < 4.78 is 46.4. The number of methoxy groups -OCH3 is 1. The van der Waals surface area contributed by atoms with Gasteiger partial charge in [0.2, 0.25) is 5.91 Å². The Balaban J connectivity index is 1.61. The monoisotopic (exact) mass is 514 g/mol. The van der Waals surface area contributed by atoms with Crippen LogP contribution in [0.4, 0.5) is 18.2 Å². The van der Waals surface area contributed by atoms with E-state index in [-0.39, 0.29) is 16.5 Å². The molecule has 0 radical (unpaired) electrons. The van der Waals surface area contributed by atoms with Crippen LogP contribution in [0.25, 0.3) is 11.3 Å². The first kappa shape index (κ1) is 24.6. The average molecular weight is 515 g/mol. The van der Waals surface area contributed by atoms with Crippen molar-refractivity contribution in [3.8, 4) is 29.1 Å². The lowest BCUT2D eigenvalue weighted by molar-refractivity contribution is -0.138. The molecule has 0 spiro atoms. The number of nitrogens with zero attached hydrogens (tertiary/aromatic N) is 3. The summed E-state index contributed by atoms with van der Waals surface area (Å²) in [5.41, 5.74) is 0.0567. The van der Waals surface area contributed by atoms with E-state index in [0.29, 0.717) is 21.9 Å². The fraction of sp³-hybridized carbons (Fsp3) is 0.250. The molecule has 0 aliphatic heterocycles. The fourth-order valence-electron chi connectivity index (χ4n) is 3.77. The summed E-state index contributed by atoms with van der Waals surface area (Å²) in [6.45, 7) is 0. The molecule has 6 nitrogen and oxygen atoms in total. The van der Waals surface area contributed by atoms with Crippen LogP contribution < -0.4 is 10.1 Å². The van der Waals surface area contributed by atoms with E-state index in [1.54, 1.807) is 30.3 Å². The van der Waals surface area contributed by atoms with Gasteiger partial charge < -0.3 is 10.1 Å². The van der Waals surface area contributed by atoms with Crippen LogP contribution in [0.2, 0.25) is 0 Å². The Hall–Kier alpha value is -3.54. The second-order valence-corrected chi connectivity index (χ2v) is 9.65. The van der Waals surface area contributed by atoms with E-state index in [4.69, 9.17) is 4.74 Å². The van der Waals surface area contributed by atoms with E-state index in [1.807, 2.05) is 0 Å². The van der Waals surface area contributed by atoms with Crippen LogP contribution in [0.5, 0.6) is 5.75 Å². The maximum atomic E-state index is 13.8. The maximum absolute atomic E-state index is 13.8. The number of carbonyl (C=O) groups excluding carboxylic acids is 1. The third-order valence-corrected chi connectivity index (χ3v) is 7.60. The molecule has 3 aromatic rings. The first-order valence-electron chi connectivity index (χ1n) is 10.4. The SMILES string of the molecule is COc1ccc(-c2cc(C(F)(F)F)c(C#N)c(SCC(=O)Nc3sc4c(c3C#N)CCC4)n2)cc1. The lowest BCUT2D eigenvalue weighted by atomic mass is 10.1. The van der Waals surface area contributed by atoms with Gasteiger partial charge in [0.15, 0.2) is 0 Å². The highest BCUT2D eigenvalue weighted by Gasteiger charge is 2.36. The lowest BCUT2D eigenvalue weighted by Crippen LogP contribution is -2.15. The molecule has 1 aliphatic rings. The normalized spacial score (nSPS) is 12.5. The van der Waals surface area contributed by atoms with Crippen LogP contribution in [0.3, 0.4) is 0 Å². The highest BCUT2D eigenvalue weighted by atomic mass is 32.2. The standard InChI is InChI=1S/C24H17F3N4O2S2/c1-33-14-7-5-13(6-8-14)19-9-18(24(25,26)27)17(11-29)22(30-19)34-12-21(32)31-23-16(10-28)15-3-2-4-20(15)35-23/h5-9H,2-4,12H2,1H3,(H,31,32). The lowest BCUT2D eigenvalue weighted by Gasteiger charge is -2.14. The Morgan fingerprint density at radius 3 is 2.54 bits per heavy atom. The number of ether oxygens (including phenoxy) is 1. The zero-order chi connectivity index (χ0) is 25.2. The number of fused-ring (bicyclic) bond motifs is 1. The van der Waals surface area contributed by atoms with E-state index >= 15 is 0 Å². The first-order valence-corrected chi connectivity index (χ1v) is 12.2. The van der Waals surface area contributed by atoms with Crippen molar-refractivity contribution in [1.82, 2.24) is 4.98 Å². The Bertz CT molecular complexity index is 1370. The highest BCUT2D eigenvalue weighted by molar-refractivity contribution is 8.00. The molecule has 4 rings (SSSR count). The minimum Gasteiger partial charge on any atom is -0.497 e. The number of alkyl halides is 3. The van der Waals surface area contributed by atoms with Crippen molar-refractivity contribution in [3.63, 3.8) is 0 Å². The Kier molecular flexibility index (Phi) is 7.01. The van der Waals surface area contributed by atoms with Crippen molar-refractivity contribution < 1.29 is 22.7 Å². The third kappa shape index (κ3) is 5.11. The van der Waals surface area contributed by atoms with Crippen molar-refractivity contribution in [1.29, 1.82) is 10.5 Å². The molecular formula is C24H17F3N4O2S2. The van der Waals surface area contributed by atoms with Crippen molar-refractivity contribution in [2.45, 2.75) is 30.5 Å². The number of anilines is 1. The smallest absolute Gasteiger partial charge is 0.417 e. The van der Waals surface area contributed by atoms with Gasteiger partial charge in [0.25, 0.3) is 0 Å². The van der Waals surface area contributed by atoms with Crippen molar-refractivity contribution in [2.24, 2.45) is 0 Å². The molecule has 1 amide bonds. The van der Waals surface area contributed by atoms with Crippen LogP contribution in [-0.4, -0.2) is 23.8 Å². The fourth-order valence-corrected chi connectivity index (χ4v) is 5.83. The number of hydrogen-bond acceptors (Lipinski definition) is 7.